The van der Waals surface area contributed by atoms with E-state index >= 15 is 0 Å². The molecule has 0 aromatic heterocycles. The summed E-state index contributed by atoms with van der Waals surface area (Å²) < 4.78 is 108. The van der Waals surface area contributed by atoms with E-state index in [1.54, 1.807) is 38.1 Å². The Labute approximate surface area is 243 Å². The van der Waals surface area contributed by atoms with Crippen LogP contribution in [-0.2, 0) is 39.8 Å². The quantitative estimate of drug-likeness (QED) is 0.189. The van der Waals surface area contributed by atoms with Crippen LogP contribution in [0.5, 0.6) is 11.5 Å². The highest BCUT2D eigenvalue weighted by Crippen LogP contribution is 2.53. The average Bonchev–Trinajstić information content (AvgIpc) is 3.17. The van der Waals surface area contributed by atoms with Gasteiger partial charge in [0.15, 0.2) is 0 Å². The maximum atomic E-state index is 13.0. The number of imide groups is 1. The third kappa shape index (κ3) is 13.5. The van der Waals surface area contributed by atoms with Gasteiger partial charge in [-0.3, -0.25) is 37.6 Å². The summed E-state index contributed by atoms with van der Waals surface area (Å²) in [6.07, 6.45) is -5.71. The Morgan fingerprint density at radius 2 is 1.62 bits per heavy atom. The van der Waals surface area contributed by atoms with E-state index in [1.807, 2.05) is 0 Å². The van der Waals surface area contributed by atoms with Crippen molar-refractivity contribution >= 4 is 41.1 Å². The molecule has 3 rings (SSSR count). The molecule has 1 aliphatic rings. The van der Waals surface area contributed by atoms with Crippen LogP contribution in [0.15, 0.2) is 48.5 Å². The molecule has 19 heteroatoms. The van der Waals surface area contributed by atoms with Crippen molar-refractivity contribution in [2.24, 2.45) is 0 Å². The van der Waals surface area contributed by atoms with Crippen LogP contribution in [0.25, 0.3) is 0 Å². The first-order valence-corrected chi connectivity index (χ1v) is 15.6. The number of amides is 2. The van der Waals surface area contributed by atoms with E-state index in [2.05, 4.69) is 10.1 Å². The van der Waals surface area contributed by atoms with Gasteiger partial charge >= 0.3 is 24.6 Å². The first-order chi connectivity index (χ1) is 19.5. The molecule has 2 unspecified atom stereocenters. The van der Waals surface area contributed by atoms with Gasteiger partial charge in [0, 0.05) is 0 Å². The van der Waals surface area contributed by atoms with E-state index in [-0.39, 0.29) is 36.5 Å². The summed E-state index contributed by atoms with van der Waals surface area (Å²) in [5, 5.41) is 1.33. The number of carbonyl (C=O) groups is 2. The number of alkyl halides is 3. The van der Waals surface area contributed by atoms with Gasteiger partial charge in [-0.1, -0.05) is 36.0 Å². The number of halogens is 3. The smallest absolute Gasteiger partial charge is 0.491 e. The van der Waals surface area contributed by atoms with Gasteiger partial charge in [0.05, 0.1) is 18.5 Å². The van der Waals surface area contributed by atoms with Crippen molar-refractivity contribution in [2.75, 3.05) is 19.8 Å². The number of rotatable bonds is 13. The van der Waals surface area contributed by atoms with Crippen LogP contribution in [-0.4, -0.2) is 60.1 Å². The number of phosphoric ester groups is 1. The molecule has 234 valence electrons. The molecule has 0 saturated carbocycles. The van der Waals surface area contributed by atoms with Gasteiger partial charge in [0.2, 0.25) is 5.91 Å². The molecule has 1 heterocycles. The molecule has 0 aliphatic carbocycles. The number of thioether (sulfide) groups is 1. The SMILES string of the molecule is CCOP(=O)(OCC)OC(COc1ccc(CC2SC(=O)NC2=O)cc1)c1cccc(OC(F)(F)F)c1.O=S(=O)(O)O. The fourth-order valence-electron chi connectivity index (χ4n) is 3.31. The standard InChI is InChI=1S/C23H25F3NO8PS.H2O4S/c1-3-32-36(30,33-4-2)35-19(16-6-5-7-18(13-16)34-23(24,25)26)14-31-17-10-8-15(9-11-17)12-20-21(28)27-22(29)37-20;1-5(2,3)4/h5-11,13,19-20H,3-4,12,14H2,1-2H3,(H,27,28,29);(H2,1,2,3,4). The molecule has 42 heavy (non-hydrogen) atoms. The number of hydrogen-bond acceptors (Lipinski definition) is 11. The molecule has 2 amide bonds. The molecule has 2 aromatic carbocycles. The number of phosphoric acid groups is 1. The Bertz CT molecular complexity index is 1340. The predicted molar refractivity (Wildman–Crippen MR) is 143 cm³/mol. The topological polar surface area (TPSA) is 184 Å². The van der Waals surface area contributed by atoms with Crippen LogP contribution in [0.3, 0.4) is 0 Å². The number of ether oxygens (including phenoxy) is 2. The first-order valence-electron chi connectivity index (χ1n) is 11.9. The summed E-state index contributed by atoms with van der Waals surface area (Å²) in [5.41, 5.74) is 0.976. The van der Waals surface area contributed by atoms with Gasteiger partial charge in [-0.25, -0.2) is 4.57 Å². The molecule has 13 nitrogen and oxygen atoms in total. The zero-order chi connectivity index (χ0) is 31.6. The molecule has 0 bridgehead atoms. The zero-order valence-corrected chi connectivity index (χ0v) is 24.5. The van der Waals surface area contributed by atoms with Gasteiger partial charge < -0.3 is 9.47 Å². The monoisotopic (exact) mass is 661 g/mol. The van der Waals surface area contributed by atoms with E-state index in [9.17, 15) is 27.3 Å². The maximum Gasteiger partial charge on any atom is 0.573 e. The van der Waals surface area contributed by atoms with Crippen molar-refractivity contribution in [1.29, 1.82) is 0 Å². The highest BCUT2D eigenvalue weighted by molar-refractivity contribution is 8.15. The lowest BCUT2D eigenvalue weighted by Crippen LogP contribution is -2.25. The summed E-state index contributed by atoms with van der Waals surface area (Å²) in [6, 6.07) is 11.7. The summed E-state index contributed by atoms with van der Waals surface area (Å²) in [7, 11) is -8.73. The third-order valence-electron chi connectivity index (χ3n) is 4.81. The molecule has 3 N–H and O–H groups in total. The molecule has 0 spiro atoms. The minimum Gasteiger partial charge on any atom is -0.491 e. The number of nitrogens with one attached hydrogen (secondary N) is 1. The molecule has 1 fully saturated rings. The lowest BCUT2D eigenvalue weighted by molar-refractivity contribution is -0.274. The van der Waals surface area contributed by atoms with Crippen LogP contribution < -0.4 is 14.8 Å². The minimum absolute atomic E-state index is 0.00639. The van der Waals surface area contributed by atoms with Crippen LogP contribution in [0.2, 0.25) is 0 Å². The normalized spacial score (nSPS) is 16.3. The summed E-state index contributed by atoms with van der Waals surface area (Å²) in [4.78, 5) is 23.1. The second-order valence-electron chi connectivity index (χ2n) is 7.99. The number of carbonyl (C=O) groups excluding carboxylic acids is 2. The van der Waals surface area contributed by atoms with Crippen molar-refractivity contribution in [3.05, 3.63) is 59.7 Å². The van der Waals surface area contributed by atoms with Crippen LogP contribution in [0, 0.1) is 0 Å². The average molecular weight is 662 g/mol. The molecular weight excluding hydrogens is 634 g/mol. The lowest BCUT2D eigenvalue weighted by Gasteiger charge is -2.24. The fourth-order valence-corrected chi connectivity index (χ4v) is 5.49. The second-order valence-corrected chi connectivity index (χ2v) is 11.7. The number of benzene rings is 2. The highest BCUT2D eigenvalue weighted by atomic mass is 32.3. The first kappa shape index (κ1) is 35.5. The van der Waals surface area contributed by atoms with Gasteiger partial charge in [-0.2, -0.15) is 8.42 Å². The highest BCUT2D eigenvalue weighted by Gasteiger charge is 2.34. The van der Waals surface area contributed by atoms with E-state index < -0.39 is 41.7 Å². The molecular formula is C23H27F3NO12PS2. The molecule has 2 atom stereocenters. The van der Waals surface area contributed by atoms with Gasteiger partial charge in [-0.05, 0) is 55.7 Å². The maximum absolute atomic E-state index is 13.0. The van der Waals surface area contributed by atoms with E-state index in [1.165, 1.54) is 12.1 Å². The van der Waals surface area contributed by atoms with Gasteiger partial charge in [0.1, 0.15) is 24.2 Å². The molecule has 2 aromatic rings. The zero-order valence-electron chi connectivity index (χ0n) is 22.0. The largest absolute Gasteiger partial charge is 0.573 e. The van der Waals surface area contributed by atoms with Crippen LogP contribution in [0.1, 0.15) is 31.1 Å². The van der Waals surface area contributed by atoms with Gasteiger partial charge in [0.25, 0.3) is 5.24 Å². The summed E-state index contributed by atoms with van der Waals surface area (Å²) in [6.45, 7) is 2.93. The Morgan fingerprint density at radius 3 is 2.12 bits per heavy atom. The predicted octanol–water partition coefficient (Wildman–Crippen LogP) is 5.14. The van der Waals surface area contributed by atoms with E-state index in [0.29, 0.717) is 12.2 Å². The molecule has 0 radical (unpaired) electrons. The van der Waals surface area contributed by atoms with Crippen molar-refractivity contribution in [2.45, 2.75) is 38.0 Å². The Morgan fingerprint density at radius 1 is 1.02 bits per heavy atom. The van der Waals surface area contributed by atoms with Crippen LogP contribution >= 0.6 is 19.6 Å². The van der Waals surface area contributed by atoms with E-state index in [4.69, 9.17) is 35.8 Å². The summed E-state index contributed by atoms with van der Waals surface area (Å²) >= 11 is 0.924. The van der Waals surface area contributed by atoms with Crippen molar-refractivity contribution in [3.8, 4) is 11.5 Å². The van der Waals surface area contributed by atoms with Crippen molar-refractivity contribution in [3.63, 3.8) is 0 Å². The van der Waals surface area contributed by atoms with E-state index in [0.717, 1.165) is 29.5 Å². The second kappa shape index (κ2) is 15.7. The van der Waals surface area contributed by atoms with Crippen LogP contribution in [0.4, 0.5) is 18.0 Å². The fraction of sp³-hybridized carbons (Fsp3) is 0.391. The third-order valence-corrected chi connectivity index (χ3v) is 7.45. The Balaban J connectivity index is 0.00000113. The molecule has 1 saturated heterocycles. The summed E-state index contributed by atoms with van der Waals surface area (Å²) in [5.74, 6) is -0.458. The van der Waals surface area contributed by atoms with Gasteiger partial charge in [-0.15, -0.1) is 13.2 Å². The lowest BCUT2D eigenvalue weighted by atomic mass is 10.1. The number of hydrogen-bond donors (Lipinski definition) is 3. The minimum atomic E-state index is -4.90. The Kier molecular flexibility index (Phi) is 13.2. The van der Waals surface area contributed by atoms with Crippen molar-refractivity contribution in [1.82, 2.24) is 5.32 Å². The van der Waals surface area contributed by atoms with Crippen molar-refractivity contribution < 1.29 is 67.9 Å². The molecule has 1 aliphatic heterocycles. The Hall–Kier alpha value is -2.70.